The highest BCUT2D eigenvalue weighted by Crippen LogP contribution is 2.20. The lowest BCUT2D eigenvalue weighted by atomic mass is 9.99. The number of aromatic hydroxyl groups is 1. The quantitative estimate of drug-likeness (QED) is 0.692. The third kappa shape index (κ3) is 1.97. The second kappa shape index (κ2) is 3.42. The molecule has 0 saturated carbocycles. The van der Waals surface area contributed by atoms with E-state index in [1.165, 1.54) is 26.0 Å². The molecule has 0 aliphatic rings. The van der Waals surface area contributed by atoms with Crippen LogP contribution in [-0.4, -0.2) is 5.11 Å². The third-order valence-electron chi connectivity index (χ3n) is 1.68. The molecule has 0 aromatic heterocycles. The van der Waals surface area contributed by atoms with E-state index in [0.717, 1.165) is 0 Å². The van der Waals surface area contributed by atoms with Crippen molar-refractivity contribution in [2.75, 3.05) is 0 Å². The van der Waals surface area contributed by atoms with Gasteiger partial charge in [0.1, 0.15) is 5.75 Å². The maximum atomic E-state index is 9.07. The van der Waals surface area contributed by atoms with Crippen LogP contribution in [-0.2, 0) is 0 Å². The van der Waals surface area contributed by atoms with Crippen molar-refractivity contribution >= 4 is 0 Å². The van der Waals surface area contributed by atoms with Crippen LogP contribution in [0.3, 0.4) is 0 Å². The van der Waals surface area contributed by atoms with Gasteiger partial charge in [-0.05, 0) is 30.0 Å². The lowest BCUT2D eigenvalue weighted by Crippen LogP contribution is -1.89. The summed E-state index contributed by atoms with van der Waals surface area (Å²) in [6.45, 7) is 2.91. The number of hydrogen-bond donors (Lipinski definition) is 1. The van der Waals surface area contributed by atoms with Crippen molar-refractivity contribution in [1.82, 2.24) is 0 Å². The van der Waals surface area contributed by atoms with Gasteiger partial charge in [0.05, 0.1) is 0 Å². The number of phenolic OH excluding ortho intramolecular Hbond substituents is 1. The maximum absolute atomic E-state index is 9.07. The molecule has 0 aliphatic heterocycles. The summed E-state index contributed by atoms with van der Waals surface area (Å²) in [5.74, 6) is -1.18. The molecule has 11 heavy (non-hydrogen) atoms. The Labute approximate surface area is 71.9 Å². The van der Waals surface area contributed by atoms with Crippen molar-refractivity contribution in [3.05, 3.63) is 29.8 Å². The summed E-state index contributed by atoms with van der Waals surface area (Å²) >= 11 is 0. The summed E-state index contributed by atoms with van der Waals surface area (Å²) in [6.07, 6.45) is -1.62. The molecule has 0 radical (unpaired) electrons. The summed E-state index contributed by atoms with van der Waals surface area (Å²) in [5, 5.41) is 9.07. The Hall–Kier alpha value is -0.980. The topological polar surface area (TPSA) is 20.2 Å². The van der Waals surface area contributed by atoms with Gasteiger partial charge >= 0.3 is 0 Å². The molecule has 1 nitrogen and oxygen atoms in total. The highest BCUT2D eigenvalue weighted by atomic mass is 16.3. The summed E-state index contributed by atoms with van der Waals surface area (Å²) in [7, 11) is 0. The molecule has 0 spiro atoms. The lowest BCUT2D eigenvalue weighted by molar-refractivity contribution is 0.475. The molecule has 1 atom stereocenters. The molecule has 1 aromatic carbocycles. The third-order valence-corrected chi connectivity index (χ3v) is 1.68. The fraction of sp³-hybridized carbons (Fsp3) is 0.400. The number of benzene rings is 1. The fourth-order valence-corrected chi connectivity index (χ4v) is 0.856. The number of rotatable bonds is 2. The smallest absolute Gasteiger partial charge is 0.115 e. The predicted octanol–water partition coefficient (Wildman–Crippen LogP) is 2.91. The van der Waals surface area contributed by atoms with Crippen LogP contribution in [0.25, 0.3) is 0 Å². The molecule has 1 aromatic rings. The Morgan fingerprint density at radius 2 is 2.09 bits per heavy atom. The molecule has 0 fully saturated rings. The first-order chi connectivity index (χ1) is 6.25. The van der Waals surface area contributed by atoms with Crippen molar-refractivity contribution in [1.29, 1.82) is 0 Å². The number of hydrogen-bond acceptors (Lipinski definition) is 1. The molecule has 1 unspecified atom stereocenters. The lowest BCUT2D eigenvalue weighted by Gasteiger charge is -2.07. The minimum atomic E-state index is -1.62. The van der Waals surface area contributed by atoms with Crippen molar-refractivity contribution in [3.8, 4) is 5.75 Å². The van der Waals surface area contributed by atoms with Crippen LogP contribution in [0.15, 0.2) is 24.3 Å². The Morgan fingerprint density at radius 1 is 1.55 bits per heavy atom. The van der Waals surface area contributed by atoms with Gasteiger partial charge in [-0.1, -0.05) is 26.0 Å². The van der Waals surface area contributed by atoms with E-state index >= 15 is 0 Å². The molecular weight excluding hydrogens is 136 g/mol. The summed E-state index contributed by atoms with van der Waals surface area (Å²) < 4.78 is 23.0. The largest absolute Gasteiger partial charge is 0.508 e. The van der Waals surface area contributed by atoms with Crippen LogP contribution in [0.1, 0.15) is 35.8 Å². The van der Waals surface area contributed by atoms with Crippen molar-refractivity contribution in [3.63, 3.8) is 0 Å². The van der Waals surface area contributed by atoms with Gasteiger partial charge in [-0.2, -0.15) is 0 Å². The van der Waals surface area contributed by atoms with Crippen LogP contribution in [0.2, 0.25) is 0 Å². The van der Waals surface area contributed by atoms with Gasteiger partial charge in [0.15, 0.2) is 0 Å². The van der Waals surface area contributed by atoms with Crippen LogP contribution < -0.4 is 0 Å². The highest BCUT2D eigenvalue weighted by molar-refractivity contribution is 5.27. The Kier molecular flexibility index (Phi) is 1.50. The average Bonchev–Trinajstić information content (AvgIpc) is 2.03. The zero-order valence-electron chi connectivity index (χ0n) is 9.76. The summed E-state index contributed by atoms with van der Waals surface area (Å²) in [5.41, 5.74) is 0.558. The number of phenols is 1. The van der Waals surface area contributed by atoms with Crippen molar-refractivity contribution < 1.29 is 9.22 Å². The van der Waals surface area contributed by atoms with Gasteiger partial charge in [0.2, 0.25) is 0 Å². The van der Waals surface area contributed by atoms with Crippen LogP contribution in [0.5, 0.6) is 5.75 Å². The average molecular weight is 153 g/mol. The molecule has 0 amide bonds. The zero-order chi connectivity index (χ0) is 11.0. The molecule has 60 valence electrons. The van der Waals surface area contributed by atoms with E-state index < -0.39 is 12.3 Å². The summed E-state index contributed by atoms with van der Waals surface area (Å²) in [4.78, 5) is 0. The van der Waals surface area contributed by atoms with Gasteiger partial charge in [-0.15, -0.1) is 0 Å². The van der Waals surface area contributed by atoms with Gasteiger partial charge in [0.25, 0.3) is 0 Å². The van der Waals surface area contributed by atoms with E-state index in [0.29, 0.717) is 5.56 Å². The first-order valence-corrected chi connectivity index (χ1v) is 3.54. The molecule has 0 aliphatic carbocycles. The van der Waals surface area contributed by atoms with E-state index in [9.17, 15) is 0 Å². The van der Waals surface area contributed by atoms with Gasteiger partial charge < -0.3 is 5.11 Å². The van der Waals surface area contributed by atoms with E-state index in [1.54, 1.807) is 12.1 Å². The Balaban J connectivity index is 3.10. The van der Waals surface area contributed by atoms with E-state index in [1.807, 2.05) is 0 Å². The monoisotopic (exact) mass is 153 g/mol. The maximum Gasteiger partial charge on any atom is 0.115 e. The summed E-state index contributed by atoms with van der Waals surface area (Å²) in [6, 6.07) is 6.08. The molecule has 1 heteroatoms. The molecule has 0 heterocycles. The normalized spacial score (nSPS) is 21.1. The molecule has 1 rings (SSSR count). The second-order valence-electron chi connectivity index (χ2n) is 2.42. The van der Waals surface area contributed by atoms with Crippen LogP contribution in [0, 0.1) is 0 Å². The van der Waals surface area contributed by atoms with E-state index in [4.69, 9.17) is 9.22 Å². The SMILES string of the molecule is [2H]C([2H])(C)C([2H])(C)c1ccc(O)cc1. The molecule has 1 N–H and O–H groups in total. The standard InChI is InChI=1S/C10H14O/c1-3-8(2)9-4-6-10(11)7-5-9/h4-8,11H,3H2,1-2H3/i3D2,8D. The fourth-order valence-electron chi connectivity index (χ4n) is 0.856. The predicted molar refractivity (Wildman–Crippen MR) is 46.8 cm³/mol. The van der Waals surface area contributed by atoms with Gasteiger partial charge in [-0.3, -0.25) is 0 Å². The van der Waals surface area contributed by atoms with E-state index in [-0.39, 0.29) is 5.75 Å². The van der Waals surface area contributed by atoms with Gasteiger partial charge in [-0.25, -0.2) is 0 Å². The Morgan fingerprint density at radius 3 is 2.55 bits per heavy atom. The first-order valence-electron chi connectivity index (χ1n) is 5.04. The van der Waals surface area contributed by atoms with Crippen LogP contribution in [0.4, 0.5) is 0 Å². The highest BCUT2D eigenvalue weighted by Gasteiger charge is 2.00. The zero-order valence-corrected chi connectivity index (χ0v) is 6.76. The molecular formula is C10H14O. The Bertz CT molecular complexity index is 311. The second-order valence-corrected chi connectivity index (χ2v) is 2.42. The van der Waals surface area contributed by atoms with Crippen molar-refractivity contribution in [2.24, 2.45) is 0 Å². The molecule has 0 saturated heterocycles. The molecule has 0 bridgehead atoms. The minimum absolute atomic E-state index is 0.126. The minimum Gasteiger partial charge on any atom is -0.508 e. The van der Waals surface area contributed by atoms with Gasteiger partial charge in [0, 0.05) is 4.11 Å². The van der Waals surface area contributed by atoms with Crippen LogP contribution >= 0.6 is 0 Å². The first kappa shape index (κ1) is 4.81. The van der Waals surface area contributed by atoms with E-state index in [2.05, 4.69) is 0 Å². The van der Waals surface area contributed by atoms with Crippen molar-refractivity contribution in [2.45, 2.75) is 26.1 Å².